The van der Waals surface area contributed by atoms with Crippen molar-refractivity contribution in [3.63, 3.8) is 0 Å². The Morgan fingerprint density at radius 1 is 1.12 bits per heavy atom. The predicted octanol–water partition coefficient (Wildman–Crippen LogP) is 3.56. The fraction of sp³-hybridized carbons (Fsp3) is 0.154. The average molecular weight is 231 g/mol. The van der Waals surface area contributed by atoms with Crippen molar-refractivity contribution in [2.45, 2.75) is 23.8 Å². The van der Waals surface area contributed by atoms with Crippen molar-refractivity contribution in [3.05, 3.63) is 47.7 Å². The van der Waals surface area contributed by atoms with E-state index < -0.39 is 0 Å². The SMILES string of the molecule is Cc1cc(O)cc(C)c1Sc1ccccn1. The smallest absolute Gasteiger partial charge is 0.116 e. The highest BCUT2D eigenvalue weighted by Crippen LogP contribution is 2.33. The highest BCUT2D eigenvalue weighted by atomic mass is 32.2. The first-order valence-corrected chi connectivity index (χ1v) is 5.87. The van der Waals surface area contributed by atoms with E-state index in [-0.39, 0.29) is 0 Å². The largest absolute Gasteiger partial charge is 0.508 e. The number of benzene rings is 1. The van der Waals surface area contributed by atoms with Gasteiger partial charge in [0.1, 0.15) is 10.8 Å². The van der Waals surface area contributed by atoms with Gasteiger partial charge in [-0.2, -0.15) is 0 Å². The number of aromatic hydroxyl groups is 1. The molecule has 1 aromatic heterocycles. The number of phenols is 1. The lowest BCUT2D eigenvalue weighted by Gasteiger charge is -2.09. The topological polar surface area (TPSA) is 33.1 Å². The van der Waals surface area contributed by atoms with Crippen LogP contribution < -0.4 is 0 Å². The summed E-state index contributed by atoms with van der Waals surface area (Å²) >= 11 is 1.63. The van der Waals surface area contributed by atoms with Crippen LogP contribution in [0, 0.1) is 13.8 Å². The summed E-state index contributed by atoms with van der Waals surface area (Å²) in [4.78, 5) is 5.44. The Kier molecular flexibility index (Phi) is 3.15. The first kappa shape index (κ1) is 11.0. The third kappa shape index (κ3) is 2.36. The summed E-state index contributed by atoms with van der Waals surface area (Å²) in [7, 11) is 0. The zero-order valence-corrected chi connectivity index (χ0v) is 10.1. The van der Waals surface area contributed by atoms with E-state index in [0.29, 0.717) is 5.75 Å². The molecule has 16 heavy (non-hydrogen) atoms. The highest BCUT2D eigenvalue weighted by Gasteiger charge is 2.07. The van der Waals surface area contributed by atoms with Gasteiger partial charge < -0.3 is 5.11 Å². The molecule has 2 aromatic rings. The number of hydrogen-bond donors (Lipinski definition) is 1. The predicted molar refractivity (Wildman–Crippen MR) is 65.9 cm³/mol. The Morgan fingerprint density at radius 3 is 2.38 bits per heavy atom. The van der Waals surface area contributed by atoms with Gasteiger partial charge in [-0.3, -0.25) is 0 Å². The van der Waals surface area contributed by atoms with Crippen molar-refractivity contribution in [3.8, 4) is 5.75 Å². The van der Waals surface area contributed by atoms with Crippen molar-refractivity contribution < 1.29 is 5.11 Å². The molecule has 1 heterocycles. The summed E-state index contributed by atoms with van der Waals surface area (Å²) in [6, 6.07) is 9.41. The Morgan fingerprint density at radius 2 is 1.81 bits per heavy atom. The first-order valence-electron chi connectivity index (χ1n) is 5.06. The molecule has 0 saturated heterocycles. The van der Waals surface area contributed by atoms with Crippen LogP contribution in [0.4, 0.5) is 0 Å². The second-order valence-electron chi connectivity index (χ2n) is 3.68. The van der Waals surface area contributed by atoms with Crippen LogP contribution in [-0.2, 0) is 0 Å². The normalized spacial score (nSPS) is 10.4. The lowest BCUT2D eigenvalue weighted by atomic mass is 10.1. The maximum absolute atomic E-state index is 9.46. The number of hydrogen-bond acceptors (Lipinski definition) is 3. The summed E-state index contributed by atoms with van der Waals surface area (Å²) in [6.07, 6.45) is 1.79. The minimum absolute atomic E-state index is 0.320. The molecule has 0 aliphatic heterocycles. The Hall–Kier alpha value is -1.48. The van der Waals surface area contributed by atoms with E-state index in [1.54, 1.807) is 30.1 Å². The molecule has 0 saturated carbocycles. The fourth-order valence-corrected chi connectivity index (χ4v) is 2.51. The molecule has 2 nitrogen and oxygen atoms in total. The second kappa shape index (κ2) is 4.58. The third-order valence-electron chi connectivity index (χ3n) is 2.29. The molecule has 82 valence electrons. The molecule has 0 aliphatic carbocycles. The van der Waals surface area contributed by atoms with Crippen molar-refractivity contribution in [1.82, 2.24) is 4.98 Å². The number of rotatable bonds is 2. The second-order valence-corrected chi connectivity index (χ2v) is 4.71. The molecule has 0 atom stereocenters. The van der Waals surface area contributed by atoms with Crippen LogP contribution in [-0.4, -0.2) is 10.1 Å². The van der Waals surface area contributed by atoms with Crippen LogP contribution in [0.25, 0.3) is 0 Å². The first-order chi connectivity index (χ1) is 7.66. The van der Waals surface area contributed by atoms with Crippen LogP contribution in [0.1, 0.15) is 11.1 Å². The minimum atomic E-state index is 0.320. The molecule has 0 bridgehead atoms. The molecule has 0 fully saturated rings. The van der Waals surface area contributed by atoms with E-state index in [4.69, 9.17) is 0 Å². The van der Waals surface area contributed by atoms with Crippen molar-refractivity contribution in [2.24, 2.45) is 0 Å². The molecule has 0 amide bonds. The van der Waals surface area contributed by atoms with Gasteiger partial charge in [0.2, 0.25) is 0 Å². The molecule has 1 N–H and O–H groups in total. The molecule has 0 spiro atoms. The van der Waals surface area contributed by atoms with Crippen LogP contribution in [0.2, 0.25) is 0 Å². The molecular weight excluding hydrogens is 218 g/mol. The highest BCUT2D eigenvalue weighted by molar-refractivity contribution is 7.99. The van der Waals surface area contributed by atoms with Crippen LogP contribution in [0.5, 0.6) is 5.75 Å². The summed E-state index contributed by atoms with van der Waals surface area (Å²) in [5.41, 5.74) is 2.15. The number of aromatic nitrogens is 1. The third-order valence-corrected chi connectivity index (χ3v) is 3.59. The summed E-state index contributed by atoms with van der Waals surface area (Å²) < 4.78 is 0. The Balaban J connectivity index is 2.35. The summed E-state index contributed by atoms with van der Waals surface area (Å²) in [5, 5.41) is 10.4. The van der Waals surface area contributed by atoms with Crippen molar-refractivity contribution >= 4 is 11.8 Å². The van der Waals surface area contributed by atoms with Gasteiger partial charge in [0.05, 0.1) is 0 Å². The van der Waals surface area contributed by atoms with Gasteiger partial charge in [-0.1, -0.05) is 17.8 Å². The monoisotopic (exact) mass is 231 g/mol. The van der Waals surface area contributed by atoms with Gasteiger partial charge in [0, 0.05) is 11.1 Å². The number of nitrogens with zero attached hydrogens (tertiary/aromatic N) is 1. The van der Waals surface area contributed by atoms with Gasteiger partial charge in [-0.15, -0.1) is 0 Å². The number of aryl methyl sites for hydroxylation is 2. The van der Waals surface area contributed by atoms with Gasteiger partial charge in [0.15, 0.2) is 0 Å². The number of pyridine rings is 1. The lowest BCUT2D eigenvalue weighted by molar-refractivity contribution is 0.474. The van der Waals surface area contributed by atoms with Gasteiger partial charge in [-0.05, 0) is 49.2 Å². The molecular formula is C13H13NOS. The zero-order valence-electron chi connectivity index (χ0n) is 9.27. The van der Waals surface area contributed by atoms with E-state index in [1.165, 1.54) is 0 Å². The Bertz CT molecular complexity index is 474. The standard InChI is InChI=1S/C13H13NOS/c1-9-7-11(15)8-10(2)13(9)16-12-5-3-4-6-14-12/h3-8,15H,1-2H3. The molecule has 0 unspecified atom stereocenters. The van der Waals surface area contributed by atoms with Gasteiger partial charge >= 0.3 is 0 Å². The van der Waals surface area contributed by atoms with E-state index in [1.807, 2.05) is 32.0 Å². The molecule has 0 aliphatic rings. The van der Waals surface area contributed by atoms with E-state index in [2.05, 4.69) is 4.98 Å². The average Bonchev–Trinajstić information content (AvgIpc) is 2.25. The molecule has 1 aromatic carbocycles. The lowest BCUT2D eigenvalue weighted by Crippen LogP contribution is -1.86. The fourth-order valence-electron chi connectivity index (χ4n) is 1.60. The van der Waals surface area contributed by atoms with Gasteiger partial charge in [-0.25, -0.2) is 4.98 Å². The minimum Gasteiger partial charge on any atom is -0.508 e. The molecule has 3 heteroatoms. The maximum atomic E-state index is 9.46. The quantitative estimate of drug-likeness (QED) is 0.858. The Labute approximate surface area is 99.4 Å². The number of phenolic OH excluding ortho intramolecular Hbond substituents is 1. The van der Waals surface area contributed by atoms with Gasteiger partial charge in [0.25, 0.3) is 0 Å². The molecule has 0 radical (unpaired) electrons. The van der Waals surface area contributed by atoms with E-state index in [9.17, 15) is 5.11 Å². The zero-order chi connectivity index (χ0) is 11.5. The van der Waals surface area contributed by atoms with Crippen LogP contribution in [0.15, 0.2) is 46.5 Å². The summed E-state index contributed by atoms with van der Waals surface area (Å²) in [5.74, 6) is 0.320. The summed E-state index contributed by atoms with van der Waals surface area (Å²) in [6.45, 7) is 4.00. The van der Waals surface area contributed by atoms with Crippen molar-refractivity contribution in [1.29, 1.82) is 0 Å². The van der Waals surface area contributed by atoms with Crippen LogP contribution in [0.3, 0.4) is 0 Å². The van der Waals surface area contributed by atoms with E-state index >= 15 is 0 Å². The maximum Gasteiger partial charge on any atom is 0.116 e. The van der Waals surface area contributed by atoms with Crippen LogP contribution >= 0.6 is 11.8 Å². The van der Waals surface area contributed by atoms with Crippen molar-refractivity contribution in [2.75, 3.05) is 0 Å². The molecule has 2 rings (SSSR count). The van der Waals surface area contributed by atoms with E-state index in [0.717, 1.165) is 21.0 Å².